The number of hydrogen-bond donors (Lipinski definition) is 0. The van der Waals surface area contributed by atoms with Crippen molar-refractivity contribution in [1.82, 2.24) is 9.34 Å². The molecule has 126 valence electrons. The van der Waals surface area contributed by atoms with Crippen LogP contribution in [0.4, 0.5) is 0 Å². The lowest BCUT2D eigenvalue weighted by Gasteiger charge is -2.35. The van der Waals surface area contributed by atoms with Gasteiger partial charge in [-0.15, -0.1) is 0 Å². The number of benzene rings is 1. The lowest BCUT2D eigenvalue weighted by molar-refractivity contribution is 0.360. The lowest BCUT2D eigenvalue weighted by Crippen LogP contribution is -2.31. The van der Waals surface area contributed by atoms with Crippen molar-refractivity contribution in [1.29, 1.82) is 0 Å². The van der Waals surface area contributed by atoms with Gasteiger partial charge in [-0.2, -0.15) is 0 Å². The number of rotatable bonds is 8. The van der Waals surface area contributed by atoms with Crippen molar-refractivity contribution in [3.8, 4) is 5.75 Å². The molecule has 0 amide bonds. The molecule has 0 unspecified atom stereocenters. The van der Waals surface area contributed by atoms with E-state index in [0.717, 1.165) is 31.9 Å². The van der Waals surface area contributed by atoms with Crippen LogP contribution in [0.2, 0.25) is 0 Å². The molecule has 3 nitrogen and oxygen atoms in total. The topological polar surface area (TPSA) is 15.7 Å². The highest BCUT2D eigenvalue weighted by atomic mass is 31.2. The second kappa shape index (κ2) is 8.86. The summed E-state index contributed by atoms with van der Waals surface area (Å²) in [4.78, 5) is 0. The molecule has 1 aromatic carbocycles. The molecule has 0 fully saturated rings. The number of hydrogen-bond acceptors (Lipinski definition) is 3. The van der Waals surface area contributed by atoms with Gasteiger partial charge in [0.15, 0.2) is 0 Å². The molecule has 0 N–H and O–H groups in total. The summed E-state index contributed by atoms with van der Waals surface area (Å²) in [5.41, 5.74) is 1.52. The van der Waals surface area contributed by atoms with E-state index >= 15 is 0 Å². The molecule has 0 saturated heterocycles. The van der Waals surface area contributed by atoms with Crippen LogP contribution >= 0.6 is 8.45 Å². The van der Waals surface area contributed by atoms with Gasteiger partial charge in [0.2, 0.25) is 8.45 Å². The summed E-state index contributed by atoms with van der Waals surface area (Å²) in [5.74, 6) is 0.970. The van der Waals surface area contributed by atoms with E-state index in [1.807, 2.05) is 0 Å². The van der Waals surface area contributed by atoms with Crippen molar-refractivity contribution in [3.05, 3.63) is 29.8 Å². The zero-order chi connectivity index (χ0) is 16.8. The third-order valence-corrected chi connectivity index (χ3v) is 6.32. The Morgan fingerprint density at radius 1 is 0.818 bits per heavy atom. The smallest absolute Gasteiger partial charge is 0.248 e. The second-order valence-electron chi connectivity index (χ2n) is 6.40. The van der Waals surface area contributed by atoms with Gasteiger partial charge in [0.1, 0.15) is 5.75 Å². The Labute approximate surface area is 138 Å². The molecule has 0 spiro atoms. The van der Waals surface area contributed by atoms with Gasteiger partial charge in [-0.25, -0.2) is 9.34 Å². The van der Waals surface area contributed by atoms with Crippen LogP contribution in [0.5, 0.6) is 5.75 Å². The normalized spacial score (nSPS) is 12.5. The van der Waals surface area contributed by atoms with Crippen molar-refractivity contribution < 1.29 is 4.52 Å². The van der Waals surface area contributed by atoms with Crippen LogP contribution in [0.15, 0.2) is 24.3 Å². The molecule has 22 heavy (non-hydrogen) atoms. The molecule has 0 saturated carbocycles. The van der Waals surface area contributed by atoms with E-state index in [4.69, 9.17) is 4.52 Å². The Morgan fingerprint density at radius 2 is 1.23 bits per heavy atom. The molecule has 0 aliphatic heterocycles. The molecule has 0 radical (unpaired) electrons. The Kier molecular flexibility index (Phi) is 7.82. The molecule has 0 heterocycles. The van der Waals surface area contributed by atoms with Crippen LogP contribution in [0, 0.1) is 0 Å². The third kappa shape index (κ3) is 5.22. The van der Waals surface area contributed by atoms with Crippen molar-refractivity contribution >= 4 is 8.45 Å². The van der Waals surface area contributed by atoms with E-state index in [2.05, 4.69) is 82.1 Å². The maximum absolute atomic E-state index is 6.39. The number of nitrogens with zero attached hydrogens (tertiary/aromatic N) is 2. The minimum atomic E-state index is -0.735. The van der Waals surface area contributed by atoms with Crippen LogP contribution in [-0.4, -0.2) is 35.5 Å². The quantitative estimate of drug-likeness (QED) is 0.606. The van der Waals surface area contributed by atoms with Crippen LogP contribution < -0.4 is 4.52 Å². The van der Waals surface area contributed by atoms with Crippen molar-refractivity contribution in [2.75, 3.05) is 26.2 Å². The molecule has 1 aromatic rings. The average Bonchev–Trinajstić information content (AvgIpc) is 2.49. The van der Waals surface area contributed by atoms with E-state index in [0.29, 0.717) is 0 Å². The fraction of sp³-hybridized carbons (Fsp3) is 0.667. The van der Waals surface area contributed by atoms with Crippen molar-refractivity contribution in [2.24, 2.45) is 0 Å². The first-order chi connectivity index (χ1) is 10.4. The standard InChI is InChI=1S/C18H33N2OP/c1-8-19(9-2)22(20(10-3)11-4)21-17-14-12-16(13-15-17)18(5,6)7/h12-15H,8-11H2,1-7H3. The van der Waals surface area contributed by atoms with Crippen LogP contribution in [0.3, 0.4) is 0 Å². The maximum Gasteiger partial charge on any atom is 0.248 e. The first-order valence-corrected chi connectivity index (χ1v) is 9.62. The average molecular weight is 324 g/mol. The van der Waals surface area contributed by atoms with Crippen LogP contribution in [0.1, 0.15) is 54.0 Å². The summed E-state index contributed by atoms with van der Waals surface area (Å²) < 4.78 is 11.2. The van der Waals surface area contributed by atoms with Crippen molar-refractivity contribution in [3.63, 3.8) is 0 Å². The molecule has 0 bridgehead atoms. The van der Waals surface area contributed by atoms with E-state index in [-0.39, 0.29) is 5.41 Å². The van der Waals surface area contributed by atoms with Gasteiger partial charge in [-0.05, 0) is 23.1 Å². The first-order valence-electron chi connectivity index (χ1n) is 8.45. The van der Waals surface area contributed by atoms with E-state index < -0.39 is 8.45 Å². The van der Waals surface area contributed by atoms with Gasteiger partial charge in [-0.3, -0.25) is 0 Å². The second-order valence-corrected chi connectivity index (χ2v) is 8.22. The summed E-state index contributed by atoms with van der Waals surface area (Å²) in [5, 5.41) is 0. The van der Waals surface area contributed by atoms with Gasteiger partial charge in [0.05, 0.1) is 0 Å². The molecular weight excluding hydrogens is 291 g/mol. The molecule has 4 heteroatoms. The van der Waals surface area contributed by atoms with E-state index in [9.17, 15) is 0 Å². The fourth-order valence-corrected chi connectivity index (χ4v) is 4.20. The zero-order valence-corrected chi connectivity index (χ0v) is 16.3. The summed E-state index contributed by atoms with van der Waals surface area (Å²) in [6, 6.07) is 8.60. The highest BCUT2D eigenvalue weighted by Crippen LogP contribution is 2.45. The zero-order valence-electron chi connectivity index (χ0n) is 15.4. The molecular formula is C18H33N2OP. The largest absolute Gasteiger partial charge is 0.444 e. The first kappa shape index (κ1) is 19.4. The Morgan fingerprint density at radius 3 is 1.55 bits per heavy atom. The summed E-state index contributed by atoms with van der Waals surface area (Å²) in [6.07, 6.45) is 0. The summed E-state index contributed by atoms with van der Waals surface area (Å²) >= 11 is 0. The van der Waals surface area contributed by atoms with Gasteiger partial charge < -0.3 is 4.52 Å². The lowest BCUT2D eigenvalue weighted by atomic mass is 9.87. The molecule has 0 atom stereocenters. The Balaban J connectivity index is 2.93. The monoisotopic (exact) mass is 324 g/mol. The highest BCUT2D eigenvalue weighted by Gasteiger charge is 2.25. The minimum Gasteiger partial charge on any atom is -0.444 e. The van der Waals surface area contributed by atoms with Crippen LogP contribution in [-0.2, 0) is 5.41 Å². The van der Waals surface area contributed by atoms with E-state index in [1.54, 1.807) is 0 Å². The maximum atomic E-state index is 6.39. The predicted molar refractivity (Wildman–Crippen MR) is 98.5 cm³/mol. The van der Waals surface area contributed by atoms with Gasteiger partial charge >= 0.3 is 0 Å². The van der Waals surface area contributed by atoms with Gasteiger partial charge in [0.25, 0.3) is 0 Å². The summed E-state index contributed by atoms with van der Waals surface area (Å²) in [7, 11) is -0.735. The predicted octanol–water partition coefficient (Wildman–Crippen LogP) is 5.27. The summed E-state index contributed by atoms with van der Waals surface area (Å²) in [6.45, 7) is 19.6. The van der Waals surface area contributed by atoms with Crippen molar-refractivity contribution in [2.45, 2.75) is 53.9 Å². The minimum absolute atomic E-state index is 0.182. The highest BCUT2D eigenvalue weighted by molar-refractivity contribution is 7.47. The SMILES string of the molecule is CCN(CC)P(Oc1ccc(C(C)(C)C)cc1)N(CC)CC. The van der Waals surface area contributed by atoms with Gasteiger partial charge in [-0.1, -0.05) is 60.6 Å². The Hall–Kier alpha value is -0.630. The Bertz CT molecular complexity index is 408. The fourth-order valence-electron chi connectivity index (χ4n) is 2.34. The molecule has 0 aromatic heterocycles. The molecule has 1 rings (SSSR count). The third-order valence-electron chi connectivity index (χ3n) is 3.85. The molecule has 0 aliphatic rings. The molecule has 0 aliphatic carbocycles. The van der Waals surface area contributed by atoms with E-state index in [1.165, 1.54) is 5.56 Å². The van der Waals surface area contributed by atoms with Crippen LogP contribution in [0.25, 0.3) is 0 Å². The van der Waals surface area contributed by atoms with Gasteiger partial charge in [0, 0.05) is 26.2 Å².